The van der Waals surface area contributed by atoms with E-state index in [2.05, 4.69) is 11.9 Å². The maximum Gasteiger partial charge on any atom is 0.325 e. The minimum Gasteiger partial charge on any atom is -0.458 e. The molecule has 2 unspecified atom stereocenters. The van der Waals surface area contributed by atoms with Gasteiger partial charge in [0.1, 0.15) is 12.6 Å². The minimum absolute atomic E-state index is 0.186. The van der Waals surface area contributed by atoms with Gasteiger partial charge >= 0.3 is 5.97 Å². The Labute approximate surface area is 101 Å². The Bertz CT molecular complexity index is 314. The molecule has 17 heavy (non-hydrogen) atoms. The summed E-state index contributed by atoms with van der Waals surface area (Å²) in [6.07, 6.45) is 2.24. The highest BCUT2D eigenvalue weighted by Gasteiger charge is 2.26. The molecule has 0 aliphatic heterocycles. The molecule has 1 amide bonds. The Hall–Kier alpha value is -1.36. The van der Waals surface area contributed by atoms with Crippen molar-refractivity contribution >= 4 is 11.9 Å². The second kappa shape index (κ2) is 6.39. The fourth-order valence-electron chi connectivity index (χ4n) is 1.73. The van der Waals surface area contributed by atoms with E-state index >= 15 is 0 Å². The number of rotatable bonds is 4. The number of esters is 1. The van der Waals surface area contributed by atoms with Crippen LogP contribution in [0, 0.1) is 0 Å². The van der Waals surface area contributed by atoms with Crippen LogP contribution in [0.1, 0.15) is 32.6 Å². The largest absolute Gasteiger partial charge is 0.458 e. The van der Waals surface area contributed by atoms with Gasteiger partial charge in [-0.05, 0) is 26.2 Å². The number of aliphatic hydroxyl groups is 1. The number of carbonyl (C=O) groups excluding carboxylic acids is 2. The van der Waals surface area contributed by atoms with Crippen LogP contribution in [0.15, 0.2) is 12.2 Å². The molecule has 1 fully saturated rings. The Morgan fingerprint density at radius 3 is 2.65 bits per heavy atom. The van der Waals surface area contributed by atoms with E-state index in [0.717, 1.165) is 12.8 Å². The van der Waals surface area contributed by atoms with Gasteiger partial charge in [0.25, 0.3) is 0 Å². The molecule has 1 aliphatic carbocycles. The molecule has 0 radical (unpaired) electrons. The van der Waals surface area contributed by atoms with Gasteiger partial charge in [-0.2, -0.15) is 0 Å². The first-order chi connectivity index (χ1) is 8.00. The topological polar surface area (TPSA) is 75.6 Å². The zero-order chi connectivity index (χ0) is 12.8. The van der Waals surface area contributed by atoms with Gasteiger partial charge in [-0.15, -0.1) is 0 Å². The number of hydrogen-bond acceptors (Lipinski definition) is 4. The van der Waals surface area contributed by atoms with Crippen molar-refractivity contribution in [2.24, 2.45) is 0 Å². The summed E-state index contributed by atoms with van der Waals surface area (Å²) in [4.78, 5) is 22.5. The van der Waals surface area contributed by atoms with Crippen molar-refractivity contribution in [3.05, 3.63) is 12.2 Å². The van der Waals surface area contributed by atoms with Crippen LogP contribution in [0.2, 0.25) is 0 Å². The Balaban J connectivity index is 2.29. The lowest BCUT2D eigenvalue weighted by Gasteiger charge is -2.27. The van der Waals surface area contributed by atoms with Gasteiger partial charge in [-0.25, -0.2) is 0 Å². The molecule has 96 valence electrons. The van der Waals surface area contributed by atoms with Crippen LogP contribution in [-0.4, -0.2) is 35.7 Å². The van der Waals surface area contributed by atoms with Gasteiger partial charge in [0.15, 0.2) is 0 Å². The maximum atomic E-state index is 11.4. The molecule has 1 saturated carbocycles. The molecule has 0 saturated heterocycles. The molecule has 0 aromatic rings. The lowest BCUT2D eigenvalue weighted by molar-refractivity contribution is -0.157. The standard InChI is InChI=1S/C12H19NO4/c1-8(2)12(16)13-7-11(15)17-10-6-4-3-5-9(10)14/h9-10,14H,1,3-7H2,2H3,(H,13,16). The summed E-state index contributed by atoms with van der Waals surface area (Å²) in [5.41, 5.74) is 0.343. The SMILES string of the molecule is C=C(C)C(=O)NCC(=O)OC1CCCCC1O. The third kappa shape index (κ3) is 4.56. The summed E-state index contributed by atoms with van der Waals surface area (Å²) >= 11 is 0. The van der Waals surface area contributed by atoms with E-state index in [1.165, 1.54) is 0 Å². The summed E-state index contributed by atoms with van der Waals surface area (Å²) in [6.45, 7) is 4.83. The monoisotopic (exact) mass is 241 g/mol. The number of amides is 1. The predicted molar refractivity (Wildman–Crippen MR) is 62.2 cm³/mol. The molecular weight excluding hydrogens is 222 g/mol. The second-order valence-corrected chi connectivity index (χ2v) is 4.34. The van der Waals surface area contributed by atoms with Gasteiger partial charge in [-0.1, -0.05) is 13.0 Å². The minimum atomic E-state index is -0.579. The number of hydrogen-bond donors (Lipinski definition) is 2. The third-order valence-electron chi connectivity index (χ3n) is 2.73. The van der Waals surface area contributed by atoms with Gasteiger partial charge in [0.2, 0.25) is 5.91 Å². The highest BCUT2D eigenvalue weighted by molar-refractivity contribution is 5.94. The van der Waals surface area contributed by atoms with E-state index in [1.54, 1.807) is 6.92 Å². The second-order valence-electron chi connectivity index (χ2n) is 4.34. The van der Waals surface area contributed by atoms with Crippen molar-refractivity contribution in [3.63, 3.8) is 0 Å². The number of aliphatic hydroxyl groups excluding tert-OH is 1. The average molecular weight is 241 g/mol. The molecule has 0 heterocycles. The molecule has 2 N–H and O–H groups in total. The van der Waals surface area contributed by atoms with E-state index in [9.17, 15) is 14.7 Å². The molecule has 0 aromatic carbocycles. The first kappa shape index (κ1) is 13.7. The molecule has 5 heteroatoms. The van der Waals surface area contributed by atoms with E-state index in [0.29, 0.717) is 18.4 Å². The number of ether oxygens (including phenoxy) is 1. The van der Waals surface area contributed by atoms with E-state index in [1.807, 2.05) is 0 Å². The van der Waals surface area contributed by atoms with Gasteiger partial charge in [-0.3, -0.25) is 9.59 Å². The van der Waals surface area contributed by atoms with E-state index in [-0.39, 0.29) is 12.5 Å². The van der Waals surface area contributed by atoms with Crippen molar-refractivity contribution in [3.8, 4) is 0 Å². The van der Waals surface area contributed by atoms with Crippen molar-refractivity contribution < 1.29 is 19.4 Å². The van der Waals surface area contributed by atoms with Crippen LogP contribution in [0.4, 0.5) is 0 Å². The van der Waals surface area contributed by atoms with Gasteiger partial charge in [0.05, 0.1) is 6.10 Å². The quantitative estimate of drug-likeness (QED) is 0.556. The van der Waals surface area contributed by atoms with E-state index in [4.69, 9.17) is 4.74 Å². The van der Waals surface area contributed by atoms with Crippen LogP contribution >= 0.6 is 0 Å². The number of nitrogens with one attached hydrogen (secondary N) is 1. The summed E-state index contributed by atoms with van der Waals surface area (Å²) < 4.78 is 5.10. The van der Waals surface area contributed by atoms with Crippen LogP contribution in [0.5, 0.6) is 0 Å². The Kier molecular flexibility index (Phi) is 5.15. The summed E-state index contributed by atoms with van der Waals surface area (Å²) in [7, 11) is 0. The predicted octanol–water partition coefficient (Wildman–Crippen LogP) is 0.525. The molecule has 2 atom stereocenters. The number of carbonyl (C=O) groups is 2. The van der Waals surface area contributed by atoms with E-state index < -0.39 is 18.2 Å². The molecular formula is C12H19NO4. The first-order valence-corrected chi connectivity index (χ1v) is 5.82. The molecule has 0 aromatic heterocycles. The first-order valence-electron chi connectivity index (χ1n) is 5.82. The molecule has 5 nitrogen and oxygen atoms in total. The average Bonchev–Trinajstić information content (AvgIpc) is 2.29. The molecule has 0 spiro atoms. The fourth-order valence-corrected chi connectivity index (χ4v) is 1.73. The lowest BCUT2D eigenvalue weighted by Crippen LogP contribution is -2.38. The maximum absolute atomic E-state index is 11.4. The smallest absolute Gasteiger partial charge is 0.325 e. The fraction of sp³-hybridized carbons (Fsp3) is 0.667. The van der Waals surface area contributed by atoms with Gasteiger partial charge < -0.3 is 15.2 Å². The van der Waals surface area contributed by atoms with Crippen LogP contribution in [0.25, 0.3) is 0 Å². The van der Waals surface area contributed by atoms with Crippen molar-refractivity contribution in [2.75, 3.05) is 6.54 Å². The van der Waals surface area contributed by atoms with Crippen LogP contribution in [0.3, 0.4) is 0 Å². The normalized spacial score (nSPS) is 23.9. The highest BCUT2D eigenvalue weighted by atomic mass is 16.6. The third-order valence-corrected chi connectivity index (χ3v) is 2.73. The Morgan fingerprint density at radius 1 is 1.41 bits per heavy atom. The zero-order valence-corrected chi connectivity index (χ0v) is 10.1. The summed E-state index contributed by atoms with van der Waals surface area (Å²) in [6, 6.07) is 0. The van der Waals surface area contributed by atoms with Crippen molar-refractivity contribution in [2.45, 2.75) is 44.8 Å². The molecule has 0 bridgehead atoms. The van der Waals surface area contributed by atoms with Gasteiger partial charge in [0, 0.05) is 5.57 Å². The zero-order valence-electron chi connectivity index (χ0n) is 10.1. The summed E-state index contributed by atoms with van der Waals surface area (Å²) in [5.74, 6) is -0.892. The highest BCUT2D eigenvalue weighted by Crippen LogP contribution is 2.20. The Morgan fingerprint density at radius 2 is 2.06 bits per heavy atom. The lowest BCUT2D eigenvalue weighted by atomic mass is 9.95. The summed E-state index contributed by atoms with van der Waals surface area (Å²) in [5, 5.41) is 12.0. The van der Waals surface area contributed by atoms with Crippen molar-refractivity contribution in [1.29, 1.82) is 0 Å². The molecule has 1 aliphatic rings. The van der Waals surface area contributed by atoms with Crippen LogP contribution < -0.4 is 5.32 Å². The van der Waals surface area contributed by atoms with Crippen molar-refractivity contribution in [1.82, 2.24) is 5.32 Å². The molecule has 1 rings (SSSR count). The van der Waals surface area contributed by atoms with Crippen LogP contribution in [-0.2, 0) is 14.3 Å².